The van der Waals surface area contributed by atoms with Crippen LogP contribution in [0.25, 0.3) is 0 Å². The third-order valence-electron chi connectivity index (χ3n) is 3.57. The van der Waals surface area contributed by atoms with Crippen molar-refractivity contribution >= 4 is 28.8 Å². The fraction of sp³-hybridized carbons (Fsp3) is 0.333. The average molecular weight is 307 g/mol. The van der Waals surface area contributed by atoms with Gasteiger partial charge in [-0.2, -0.15) is 4.98 Å². The van der Waals surface area contributed by atoms with Crippen molar-refractivity contribution < 1.29 is 4.39 Å². The number of aromatic nitrogens is 2. The van der Waals surface area contributed by atoms with Crippen molar-refractivity contribution in [2.24, 2.45) is 0 Å². The Morgan fingerprint density at radius 1 is 1.10 bits per heavy atom. The number of benzene rings is 1. The maximum atomic E-state index is 13.6. The van der Waals surface area contributed by atoms with Crippen LogP contribution in [-0.4, -0.2) is 23.1 Å². The van der Waals surface area contributed by atoms with Crippen LogP contribution in [0.4, 0.5) is 21.6 Å². The van der Waals surface area contributed by atoms with Gasteiger partial charge in [-0.1, -0.05) is 0 Å². The predicted molar refractivity (Wildman–Crippen MR) is 82.8 cm³/mol. The second-order valence-electron chi connectivity index (χ2n) is 5.06. The third kappa shape index (κ3) is 3.42. The summed E-state index contributed by atoms with van der Waals surface area (Å²) in [5.74, 6) is -0.444. The highest BCUT2D eigenvalue weighted by Gasteiger charge is 2.11. The molecule has 1 aliphatic heterocycles. The fourth-order valence-corrected chi connectivity index (χ4v) is 2.61. The molecule has 0 amide bonds. The van der Waals surface area contributed by atoms with Gasteiger partial charge in [0.05, 0.1) is 6.20 Å². The van der Waals surface area contributed by atoms with Gasteiger partial charge < -0.3 is 10.2 Å². The molecule has 0 spiro atoms. The molecule has 110 valence electrons. The van der Waals surface area contributed by atoms with Gasteiger partial charge in [0.15, 0.2) is 11.6 Å². The van der Waals surface area contributed by atoms with Crippen molar-refractivity contribution in [1.82, 2.24) is 9.97 Å². The minimum absolute atomic E-state index is 0.0174. The SMILES string of the molecule is Fc1cnc(Cl)nc1Nc1ccc(N2CCCCC2)cc1. The molecule has 2 heterocycles. The number of piperidine rings is 1. The van der Waals surface area contributed by atoms with Crippen molar-refractivity contribution in [2.75, 3.05) is 23.3 Å². The van der Waals surface area contributed by atoms with Crippen molar-refractivity contribution in [1.29, 1.82) is 0 Å². The zero-order valence-corrected chi connectivity index (χ0v) is 12.3. The molecule has 0 bridgehead atoms. The van der Waals surface area contributed by atoms with Gasteiger partial charge in [-0.05, 0) is 55.1 Å². The van der Waals surface area contributed by atoms with Crippen LogP contribution >= 0.6 is 11.6 Å². The largest absolute Gasteiger partial charge is 0.372 e. The summed E-state index contributed by atoms with van der Waals surface area (Å²) in [6.07, 6.45) is 4.85. The van der Waals surface area contributed by atoms with Crippen molar-refractivity contribution in [3.63, 3.8) is 0 Å². The van der Waals surface area contributed by atoms with Gasteiger partial charge >= 0.3 is 0 Å². The first-order valence-corrected chi connectivity index (χ1v) is 7.40. The number of rotatable bonds is 3. The average Bonchev–Trinajstić information content (AvgIpc) is 2.53. The second kappa shape index (κ2) is 6.26. The molecule has 21 heavy (non-hydrogen) atoms. The van der Waals surface area contributed by atoms with Gasteiger partial charge in [0.1, 0.15) is 0 Å². The highest BCUT2D eigenvalue weighted by Crippen LogP contribution is 2.24. The van der Waals surface area contributed by atoms with Gasteiger partial charge in [-0.25, -0.2) is 9.37 Å². The van der Waals surface area contributed by atoms with Crippen LogP contribution in [0.3, 0.4) is 0 Å². The Labute approximate surface area is 128 Å². The maximum Gasteiger partial charge on any atom is 0.224 e. The second-order valence-corrected chi connectivity index (χ2v) is 5.39. The highest BCUT2D eigenvalue weighted by molar-refractivity contribution is 6.28. The molecule has 1 fully saturated rings. The summed E-state index contributed by atoms with van der Waals surface area (Å²) >= 11 is 5.67. The molecule has 4 nitrogen and oxygen atoms in total. The quantitative estimate of drug-likeness (QED) is 0.870. The van der Waals surface area contributed by atoms with E-state index in [4.69, 9.17) is 11.6 Å². The maximum absolute atomic E-state index is 13.6. The first-order chi connectivity index (χ1) is 10.2. The van der Waals surface area contributed by atoms with Gasteiger partial charge in [-0.15, -0.1) is 0 Å². The van der Waals surface area contributed by atoms with Gasteiger partial charge in [0.2, 0.25) is 5.28 Å². The van der Waals surface area contributed by atoms with E-state index in [0.717, 1.165) is 25.0 Å². The Morgan fingerprint density at radius 2 is 1.81 bits per heavy atom. The molecule has 1 saturated heterocycles. The summed E-state index contributed by atoms with van der Waals surface area (Å²) in [5.41, 5.74) is 1.96. The highest BCUT2D eigenvalue weighted by atomic mass is 35.5. The Morgan fingerprint density at radius 3 is 2.52 bits per heavy atom. The lowest BCUT2D eigenvalue weighted by Crippen LogP contribution is -2.29. The summed E-state index contributed by atoms with van der Waals surface area (Å²) in [6, 6.07) is 7.90. The topological polar surface area (TPSA) is 41.1 Å². The zero-order valence-electron chi connectivity index (χ0n) is 11.5. The number of nitrogens with zero attached hydrogens (tertiary/aromatic N) is 3. The van der Waals surface area contributed by atoms with Crippen LogP contribution in [0.2, 0.25) is 5.28 Å². The van der Waals surface area contributed by atoms with Crippen LogP contribution in [0.1, 0.15) is 19.3 Å². The standard InChI is InChI=1S/C15H16ClFN4/c16-15-18-10-13(17)14(20-15)19-11-4-6-12(7-5-11)21-8-2-1-3-9-21/h4-7,10H,1-3,8-9H2,(H,18,19,20). The normalized spacial score (nSPS) is 15.0. The Bertz CT molecular complexity index is 612. The van der Waals surface area contributed by atoms with E-state index in [2.05, 4.69) is 20.2 Å². The Hall–Kier alpha value is -1.88. The third-order valence-corrected chi connectivity index (χ3v) is 3.75. The van der Waals surface area contributed by atoms with E-state index in [1.807, 2.05) is 24.3 Å². The molecule has 0 radical (unpaired) electrons. The first-order valence-electron chi connectivity index (χ1n) is 7.02. The van der Waals surface area contributed by atoms with E-state index in [0.29, 0.717) is 0 Å². The van der Waals surface area contributed by atoms with E-state index < -0.39 is 5.82 Å². The fourth-order valence-electron chi connectivity index (χ4n) is 2.48. The first kappa shape index (κ1) is 14.1. The van der Waals surface area contributed by atoms with Gasteiger partial charge in [-0.3, -0.25) is 0 Å². The monoisotopic (exact) mass is 306 g/mol. The molecule has 1 aromatic heterocycles. The number of halogens is 2. The molecule has 0 atom stereocenters. The summed E-state index contributed by atoms with van der Waals surface area (Å²) in [5, 5.41) is 2.93. The van der Waals surface area contributed by atoms with E-state index in [1.54, 1.807) is 0 Å². The predicted octanol–water partition coefficient (Wildman–Crippen LogP) is 4.00. The van der Waals surface area contributed by atoms with Crippen molar-refractivity contribution in [2.45, 2.75) is 19.3 Å². The zero-order chi connectivity index (χ0) is 14.7. The lowest BCUT2D eigenvalue weighted by Gasteiger charge is -2.28. The van der Waals surface area contributed by atoms with Crippen LogP contribution in [-0.2, 0) is 0 Å². The number of hydrogen-bond donors (Lipinski definition) is 1. The van der Waals surface area contributed by atoms with E-state index >= 15 is 0 Å². The number of anilines is 3. The van der Waals surface area contributed by atoms with E-state index in [9.17, 15) is 4.39 Å². The van der Waals surface area contributed by atoms with E-state index in [-0.39, 0.29) is 11.1 Å². The Balaban J connectivity index is 1.73. The van der Waals surface area contributed by atoms with Crippen LogP contribution < -0.4 is 10.2 Å². The summed E-state index contributed by atoms with van der Waals surface area (Å²) in [6.45, 7) is 2.20. The smallest absolute Gasteiger partial charge is 0.224 e. The number of nitrogens with one attached hydrogen (secondary N) is 1. The van der Waals surface area contributed by atoms with E-state index in [1.165, 1.54) is 24.9 Å². The summed E-state index contributed by atoms with van der Waals surface area (Å²) < 4.78 is 13.6. The minimum Gasteiger partial charge on any atom is -0.372 e. The van der Waals surface area contributed by atoms with Gasteiger partial charge in [0, 0.05) is 24.5 Å². The van der Waals surface area contributed by atoms with Crippen LogP contribution in [0, 0.1) is 5.82 Å². The van der Waals surface area contributed by atoms with Crippen LogP contribution in [0.15, 0.2) is 30.5 Å². The summed E-state index contributed by atoms with van der Waals surface area (Å²) in [7, 11) is 0. The molecule has 6 heteroatoms. The van der Waals surface area contributed by atoms with Crippen LogP contribution in [0.5, 0.6) is 0 Å². The van der Waals surface area contributed by atoms with Gasteiger partial charge in [0.25, 0.3) is 0 Å². The molecular weight excluding hydrogens is 291 g/mol. The molecule has 2 aromatic rings. The molecule has 0 saturated carbocycles. The molecule has 1 aromatic carbocycles. The minimum atomic E-state index is -0.528. The summed E-state index contributed by atoms with van der Waals surface area (Å²) in [4.78, 5) is 9.80. The molecule has 1 aliphatic rings. The lowest BCUT2D eigenvalue weighted by atomic mass is 10.1. The molecular formula is C15H16ClFN4. The Kier molecular flexibility index (Phi) is 4.20. The molecule has 0 unspecified atom stereocenters. The van der Waals surface area contributed by atoms with Crippen molar-refractivity contribution in [3.05, 3.63) is 41.6 Å². The molecule has 0 aliphatic carbocycles. The molecule has 3 rings (SSSR count). The number of hydrogen-bond acceptors (Lipinski definition) is 4. The molecule has 1 N–H and O–H groups in total. The van der Waals surface area contributed by atoms with Crippen molar-refractivity contribution in [3.8, 4) is 0 Å². The lowest BCUT2D eigenvalue weighted by molar-refractivity contribution is 0.578.